The van der Waals surface area contributed by atoms with E-state index in [9.17, 15) is 5.11 Å². The fraction of sp³-hybridized carbons (Fsp3) is 0.350. The van der Waals surface area contributed by atoms with Crippen LogP contribution in [-0.4, -0.2) is 38.9 Å². The highest BCUT2D eigenvalue weighted by Crippen LogP contribution is 2.28. The van der Waals surface area contributed by atoms with Crippen LogP contribution in [-0.2, 0) is 13.1 Å². The molecule has 7 heteroatoms. The van der Waals surface area contributed by atoms with Crippen LogP contribution < -0.4 is 24.8 Å². The molecule has 0 aliphatic carbocycles. The number of nitrogens with one attached hydrogen (secondary N) is 2. The fourth-order valence-electron chi connectivity index (χ4n) is 2.52. The molecule has 0 aliphatic rings. The average Bonchev–Trinajstić information content (AvgIpc) is 2.69. The van der Waals surface area contributed by atoms with Crippen molar-refractivity contribution in [2.24, 2.45) is 4.99 Å². The normalized spacial score (nSPS) is 11.0. The van der Waals surface area contributed by atoms with Gasteiger partial charge in [0.15, 0.2) is 29.0 Å². The van der Waals surface area contributed by atoms with E-state index in [-0.39, 0.29) is 5.75 Å². The Kier molecular flexibility index (Phi) is 7.61. The van der Waals surface area contributed by atoms with Gasteiger partial charge in [-0.15, -0.1) is 0 Å². The summed E-state index contributed by atoms with van der Waals surface area (Å²) in [6.07, 6.45) is 0. The topological polar surface area (TPSA) is 84.3 Å². The predicted molar refractivity (Wildman–Crippen MR) is 106 cm³/mol. The van der Waals surface area contributed by atoms with E-state index in [1.165, 1.54) is 7.11 Å². The molecule has 146 valence electrons. The first-order chi connectivity index (χ1) is 13.1. The number of hydrogen-bond acceptors (Lipinski definition) is 5. The number of aromatic hydroxyl groups is 1. The van der Waals surface area contributed by atoms with Crippen LogP contribution in [0, 0.1) is 0 Å². The third kappa shape index (κ3) is 5.70. The molecule has 27 heavy (non-hydrogen) atoms. The maximum absolute atomic E-state index is 9.88. The first kappa shape index (κ1) is 20.2. The summed E-state index contributed by atoms with van der Waals surface area (Å²) in [7, 11) is 4.75. The summed E-state index contributed by atoms with van der Waals surface area (Å²) in [4.78, 5) is 4.56. The SMILES string of the molecule is CCNC(=NCc1ccc(OC)c(O)c1)NCc1ccc(OC)c(OC)c1. The molecule has 0 saturated heterocycles. The number of phenolic OH excluding ortho intramolecular Hbond substituents is 1. The van der Waals surface area contributed by atoms with Crippen LogP contribution in [0.1, 0.15) is 18.1 Å². The highest BCUT2D eigenvalue weighted by molar-refractivity contribution is 5.79. The maximum atomic E-state index is 9.88. The van der Waals surface area contributed by atoms with Gasteiger partial charge in [0.25, 0.3) is 0 Å². The van der Waals surface area contributed by atoms with Crippen LogP contribution >= 0.6 is 0 Å². The zero-order chi connectivity index (χ0) is 19.6. The summed E-state index contributed by atoms with van der Waals surface area (Å²) >= 11 is 0. The van der Waals surface area contributed by atoms with E-state index >= 15 is 0 Å². The first-order valence-corrected chi connectivity index (χ1v) is 8.70. The quantitative estimate of drug-likeness (QED) is 0.487. The summed E-state index contributed by atoms with van der Waals surface area (Å²) in [6.45, 7) is 3.76. The van der Waals surface area contributed by atoms with Crippen molar-refractivity contribution in [1.29, 1.82) is 0 Å². The molecule has 0 spiro atoms. The summed E-state index contributed by atoms with van der Waals surface area (Å²) in [6, 6.07) is 11.0. The molecule has 0 atom stereocenters. The second-order valence-corrected chi connectivity index (χ2v) is 5.74. The third-order valence-corrected chi connectivity index (χ3v) is 3.92. The molecule has 7 nitrogen and oxygen atoms in total. The number of phenols is 1. The molecular formula is C20H27N3O4. The zero-order valence-corrected chi connectivity index (χ0v) is 16.2. The van der Waals surface area contributed by atoms with Gasteiger partial charge in [-0.05, 0) is 42.3 Å². The van der Waals surface area contributed by atoms with Crippen LogP contribution in [0.15, 0.2) is 41.4 Å². The number of methoxy groups -OCH3 is 3. The van der Waals surface area contributed by atoms with Gasteiger partial charge in [-0.2, -0.15) is 0 Å². The van der Waals surface area contributed by atoms with Gasteiger partial charge in [0.05, 0.1) is 27.9 Å². The number of nitrogens with zero attached hydrogens (tertiary/aromatic N) is 1. The number of aliphatic imine (C=N–C) groups is 1. The Morgan fingerprint density at radius 3 is 2.19 bits per heavy atom. The molecule has 0 radical (unpaired) electrons. The maximum Gasteiger partial charge on any atom is 0.191 e. The lowest BCUT2D eigenvalue weighted by Gasteiger charge is -2.13. The van der Waals surface area contributed by atoms with Gasteiger partial charge < -0.3 is 30.0 Å². The highest BCUT2D eigenvalue weighted by Gasteiger charge is 2.06. The molecule has 3 N–H and O–H groups in total. The van der Waals surface area contributed by atoms with Gasteiger partial charge in [0, 0.05) is 13.1 Å². The van der Waals surface area contributed by atoms with Crippen LogP contribution in [0.3, 0.4) is 0 Å². The van der Waals surface area contributed by atoms with Crippen molar-refractivity contribution in [2.75, 3.05) is 27.9 Å². The molecular weight excluding hydrogens is 346 g/mol. The highest BCUT2D eigenvalue weighted by atomic mass is 16.5. The number of guanidine groups is 1. The standard InChI is InChI=1S/C20H27N3O4/c1-5-21-20(22-12-14-6-8-17(25-2)16(24)10-14)23-13-15-7-9-18(26-3)19(11-15)27-4/h6-11,24H,5,12-13H2,1-4H3,(H2,21,22,23). The van der Waals surface area contributed by atoms with Crippen LogP contribution in [0.2, 0.25) is 0 Å². The zero-order valence-electron chi connectivity index (χ0n) is 16.2. The molecule has 0 unspecified atom stereocenters. The number of hydrogen-bond donors (Lipinski definition) is 3. The van der Waals surface area contributed by atoms with Crippen LogP contribution in [0.5, 0.6) is 23.0 Å². The Morgan fingerprint density at radius 2 is 1.56 bits per heavy atom. The van der Waals surface area contributed by atoms with Gasteiger partial charge >= 0.3 is 0 Å². The predicted octanol–water partition coefficient (Wildman–Crippen LogP) is 2.67. The Morgan fingerprint density at radius 1 is 0.889 bits per heavy atom. The van der Waals surface area contributed by atoms with E-state index < -0.39 is 0 Å². The molecule has 0 aliphatic heterocycles. The third-order valence-electron chi connectivity index (χ3n) is 3.92. The molecule has 2 rings (SSSR count). The summed E-state index contributed by atoms with van der Waals surface area (Å²) in [5.41, 5.74) is 1.93. The summed E-state index contributed by atoms with van der Waals surface area (Å²) < 4.78 is 15.6. The van der Waals surface area contributed by atoms with E-state index in [2.05, 4.69) is 15.6 Å². The Labute approximate surface area is 160 Å². The monoisotopic (exact) mass is 373 g/mol. The summed E-state index contributed by atoms with van der Waals surface area (Å²) in [5, 5.41) is 16.4. The smallest absolute Gasteiger partial charge is 0.191 e. The molecule has 2 aromatic carbocycles. The minimum atomic E-state index is 0.105. The number of ether oxygens (including phenoxy) is 3. The second kappa shape index (κ2) is 10.2. The van der Waals surface area contributed by atoms with Crippen LogP contribution in [0.4, 0.5) is 0 Å². The van der Waals surface area contributed by atoms with Crippen molar-refractivity contribution in [3.8, 4) is 23.0 Å². The Bertz CT molecular complexity index is 778. The van der Waals surface area contributed by atoms with E-state index in [0.29, 0.717) is 36.3 Å². The number of benzene rings is 2. The molecule has 0 saturated carbocycles. The van der Waals surface area contributed by atoms with Gasteiger partial charge in [0.2, 0.25) is 0 Å². The summed E-state index contributed by atoms with van der Waals surface area (Å²) in [5.74, 6) is 2.62. The van der Waals surface area contributed by atoms with Crippen LogP contribution in [0.25, 0.3) is 0 Å². The van der Waals surface area contributed by atoms with E-state index in [0.717, 1.165) is 17.7 Å². The van der Waals surface area contributed by atoms with Gasteiger partial charge in [0.1, 0.15) is 0 Å². The van der Waals surface area contributed by atoms with Gasteiger partial charge in [-0.3, -0.25) is 0 Å². The minimum absolute atomic E-state index is 0.105. The molecule has 0 bridgehead atoms. The lowest BCUT2D eigenvalue weighted by molar-refractivity contribution is 0.354. The first-order valence-electron chi connectivity index (χ1n) is 8.70. The minimum Gasteiger partial charge on any atom is -0.504 e. The fourth-order valence-corrected chi connectivity index (χ4v) is 2.52. The second-order valence-electron chi connectivity index (χ2n) is 5.74. The average molecular weight is 373 g/mol. The largest absolute Gasteiger partial charge is 0.504 e. The number of rotatable bonds is 8. The van der Waals surface area contributed by atoms with Gasteiger partial charge in [-0.1, -0.05) is 12.1 Å². The van der Waals surface area contributed by atoms with E-state index in [4.69, 9.17) is 14.2 Å². The van der Waals surface area contributed by atoms with E-state index in [1.807, 2.05) is 31.2 Å². The van der Waals surface area contributed by atoms with Crippen molar-refractivity contribution in [1.82, 2.24) is 10.6 Å². The van der Waals surface area contributed by atoms with Gasteiger partial charge in [-0.25, -0.2) is 4.99 Å². The van der Waals surface area contributed by atoms with Crippen molar-refractivity contribution >= 4 is 5.96 Å². The molecule has 0 aromatic heterocycles. The lowest BCUT2D eigenvalue weighted by atomic mass is 10.2. The Balaban J connectivity index is 2.04. The van der Waals surface area contributed by atoms with Crippen molar-refractivity contribution in [2.45, 2.75) is 20.0 Å². The molecule has 0 fully saturated rings. The Hall–Kier alpha value is -3.09. The van der Waals surface area contributed by atoms with Crippen molar-refractivity contribution < 1.29 is 19.3 Å². The van der Waals surface area contributed by atoms with Crippen molar-refractivity contribution in [3.05, 3.63) is 47.5 Å². The lowest BCUT2D eigenvalue weighted by Crippen LogP contribution is -2.36. The molecule has 2 aromatic rings. The van der Waals surface area contributed by atoms with E-state index in [1.54, 1.807) is 26.4 Å². The molecule has 0 heterocycles. The van der Waals surface area contributed by atoms with Crippen molar-refractivity contribution in [3.63, 3.8) is 0 Å². The molecule has 0 amide bonds.